The summed E-state index contributed by atoms with van der Waals surface area (Å²) in [5.41, 5.74) is 3.76. The van der Waals surface area contributed by atoms with Crippen LogP contribution >= 0.6 is 0 Å². The summed E-state index contributed by atoms with van der Waals surface area (Å²) in [6, 6.07) is 6.56. The van der Waals surface area contributed by atoms with Crippen LogP contribution in [0.15, 0.2) is 18.2 Å². The Morgan fingerprint density at radius 2 is 1.89 bits per heavy atom. The molecule has 5 nitrogen and oxygen atoms in total. The van der Waals surface area contributed by atoms with Crippen LogP contribution in [-0.4, -0.2) is 55.9 Å². The van der Waals surface area contributed by atoms with Gasteiger partial charge in [0.15, 0.2) is 9.84 Å². The molecule has 1 saturated heterocycles. The quantitative estimate of drug-likeness (QED) is 0.774. The van der Waals surface area contributed by atoms with Gasteiger partial charge in [-0.25, -0.2) is 8.42 Å². The number of benzene rings is 1. The molecular formula is C22H32N2O3S. The average molecular weight is 405 g/mol. The number of sulfone groups is 1. The Bertz CT molecular complexity index is 830. The SMILES string of the molecule is Cc1ccc2c(c1)CCCN2CC(=O)N(C1CCCCC1)[C@@H]1CCS(=O)(=O)C1. The maximum absolute atomic E-state index is 13.5. The first-order valence-corrected chi connectivity index (χ1v) is 12.6. The maximum atomic E-state index is 13.5. The molecule has 1 aromatic carbocycles. The molecule has 2 aliphatic heterocycles. The van der Waals surface area contributed by atoms with Crippen molar-refractivity contribution in [2.24, 2.45) is 0 Å². The van der Waals surface area contributed by atoms with E-state index in [4.69, 9.17) is 0 Å². The number of fused-ring (bicyclic) bond motifs is 1. The van der Waals surface area contributed by atoms with Crippen LogP contribution in [0.3, 0.4) is 0 Å². The lowest BCUT2D eigenvalue weighted by atomic mass is 9.92. The number of hydrogen-bond donors (Lipinski definition) is 0. The van der Waals surface area contributed by atoms with Gasteiger partial charge in [0.25, 0.3) is 0 Å². The summed E-state index contributed by atoms with van der Waals surface area (Å²) in [5.74, 6) is 0.479. The third-order valence-electron chi connectivity index (χ3n) is 6.63. The molecule has 0 N–H and O–H groups in total. The number of amides is 1. The monoisotopic (exact) mass is 404 g/mol. The van der Waals surface area contributed by atoms with Crippen LogP contribution in [0.1, 0.15) is 56.1 Å². The summed E-state index contributed by atoms with van der Waals surface area (Å²) in [5, 5.41) is 0. The summed E-state index contributed by atoms with van der Waals surface area (Å²) in [6.45, 7) is 3.36. The van der Waals surface area contributed by atoms with Gasteiger partial charge in [-0.05, 0) is 50.7 Å². The predicted molar refractivity (Wildman–Crippen MR) is 112 cm³/mol. The van der Waals surface area contributed by atoms with Gasteiger partial charge in [-0.1, -0.05) is 37.0 Å². The highest BCUT2D eigenvalue weighted by Crippen LogP contribution is 2.31. The molecule has 1 saturated carbocycles. The largest absolute Gasteiger partial charge is 0.362 e. The zero-order valence-electron chi connectivity index (χ0n) is 16.9. The minimum Gasteiger partial charge on any atom is -0.362 e. The molecule has 1 aliphatic carbocycles. The Morgan fingerprint density at radius 3 is 2.61 bits per heavy atom. The summed E-state index contributed by atoms with van der Waals surface area (Å²) >= 11 is 0. The fourth-order valence-electron chi connectivity index (χ4n) is 5.27. The molecule has 0 unspecified atom stereocenters. The zero-order chi connectivity index (χ0) is 19.7. The molecule has 3 aliphatic rings. The van der Waals surface area contributed by atoms with E-state index < -0.39 is 9.84 Å². The summed E-state index contributed by atoms with van der Waals surface area (Å²) in [7, 11) is -3.01. The standard InChI is InChI=1S/C22H32N2O3S/c1-17-9-10-21-18(14-17)6-5-12-23(21)15-22(25)24(19-7-3-2-4-8-19)20-11-13-28(26,27)16-20/h9-10,14,19-20H,2-8,11-13,15-16H2,1H3/t20-/m1/s1. The number of carbonyl (C=O) groups excluding carboxylic acids is 1. The van der Waals surface area contributed by atoms with E-state index in [0.717, 1.165) is 45.1 Å². The second-order valence-electron chi connectivity index (χ2n) is 8.81. The van der Waals surface area contributed by atoms with Crippen LogP contribution in [0, 0.1) is 6.92 Å². The van der Waals surface area contributed by atoms with E-state index in [0.29, 0.717) is 13.0 Å². The van der Waals surface area contributed by atoms with Gasteiger partial charge in [0.1, 0.15) is 0 Å². The van der Waals surface area contributed by atoms with Crippen molar-refractivity contribution >= 4 is 21.4 Å². The molecular weight excluding hydrogens is 372 g/mol. The highest BCUT2D eigenvalue weighted by Gasteiger charge is 2.39. The van der Waals surface area contributed by atoms with Gasteiger partial charge < -0.3 is 9.80 Å². The normalized spacial score (nSPS) is 24.8. The number of nitrogens with zero attached hydrogens (tertiary/aromatic N) is 2. The van der Waals surface area contributed by atoms with Crippen molar-refractivity contribution in [1.82, 2.24) is 4.90 Å². The van der Waals surface area contributed by atoms with Gasteiger partial charge in [-0.3, -0.25) is 4.79 Å². The molecule has 2 fully saturated rings. The van der Waals surface area contributed by atoms with Gasteiger partial charge in [0, 0.05) is 24.3 Å². The first kappa shape index (κ1) is 19.7. The Kier molecular flexibility index (Phi) is 5.68. The van der Waals surface area contributed by atoms with E-state index in [1.54, 1.807) is 0 Å². The highest BCUT2D eigenvalue weighted by molar-refractivity contribution is 7.91. The van der Waals surface area contributed by atoms with Gasteiger partial charge in [-0.15, -0.1) is 0 Å². The van der Waals surface area contributed by atoms with Gasteiger partial charge in [0.05, 0.1) is 18.1 Å². The minimum atomic E-state index is -3.01. The molecule has 0 bridgehead atoms. The molecule has 154 valence electrons. The molecule has 2 heterocycles. The third kappa shape index (κ3) is 4.22. The van der Waals surface area contributed by atoms with Crippen molar-refractivity contribution in [1.29, 1.82) is 0 Å². The summed E-state index contributed by atoms with van der Waals surface area (Å²) in [6.07, 6.45) is 8.25. The van der Waals surface area contributed by atoms with E-state index in [9.17, 15) is 13.2 Å². The lowest BCUT2D eigenvalue weighted by Crippen LogP contribution is -2.52. The Balaban J connectivity index is 1.55. The number of anilines is 1. The smallest absolute Gasteiger partial charge is 0.242 e. The van der Waals surface area contributed by atoms with E-state index >= 15 is 0 Å². The van der Waals surface area contributed by atoms with Crippen LogP contribution in [0.4, 0.5) is 5.69 Å². The van der Waals surface area contributed by atoms with E-state index in [1.165, 1.54) is 23.2 Å². The van der Waals surface area contributed by atoms with Crippen molar-refractivity contribution in [3.63, 3.8) is 0 Å². The fourth-order valence-corrected chi connectivity index (χ4v) is 6.98. The van der Waals surface area contributed by atoms with Gasteiger partial charge >= 0.3 is 0 Å². The van der Waals surface area contributed by atoms with Crippen LogP contribution in [0.5, 0.6) is 0 Å². The highest BCUT2D eigenvalue weighted by atomic mass is 32.2. The second-order valence-corrected chi connectivity index (χ2v) is 11.0. The summed E-state index contributed by atoms with van der Waals surface area (Å²) in [4.78, 5) is 17.7. The molecule has 1 aromatic rings. The Morgan fingerprint density at radius 1 is 1.11 bits per heavy atom. The van der Waals surface area contributed by atoms with Crippen molar-refractivity contribution in [3.8, 4) is 0 Å². The van der Waals surface area contributed by atoms with E-state index in [-0.39, 0.29) is 29.5 Å². The molecule has 0 radical (unpaired) electrons. The first-order valence-electron chi connectivity index (χ1n) is 10.8. The lowest BCUT2D eigenvalue weighted by molar-refractivity contribution is -0.135. The molecule has 6 heteroatoms. The molecule has 4 rings (SSSR count). The van der Waals surface area contributed by atoms with Crippen molar-refractivity contribution in [3.05, 3.63) is 29.3 Å². The third-order valence-corrected chi connectivity index (χ3v) is 8.38. The van der Waals surface area contributed by atoms with Crippen molar-refractivity contribution < 1.29 is 13.2 Å². The minimum absolute atomic E-state index is 0.113. The van der Waals surface area contributed by atoms with Crippen molar-refractivity contribution in [2.75, 3.05) is 29.5 Å². The number of hydrogen-bond acceptors (Lipinski definition) is 4. The number of carbonyl (C=O) groups is 1. The molecule has 28 heavy (non-hydrogen) atoms. The van der Waals surface area contributed by atoms with Gasteiger partial charge in [-0.2, -0.15) is 0 Å². The van der Waals surface area contributed by atoms with E-state index in [1.807, 2.05) is 4.90 Å². The van der Waals surface area contributed by atoms with Crippen LogP contribution in [0.25, 0.3) is 0 Å². The Labute approximate surface area is 169 Å². The lowest BCUT2D eigenvalue weighted by Gasteiger charge is -2.40. The van der Waals surface area contributed by atoms with Crippen LogP contribution in [-0.2, 0) is 21.1 Å². The molecule has 0 spiro atoms. The maximum Gasteiger partial charge on any atom is 0.242 e. The topological polar surface area (TPSA) is 57.7 Å². The first-order chi connectivity index (χ1) is 13.4. The Hall–Kier alpha value is -1.56. The predicted octanol–water partition coefficient (Wildman–Crippen LogP) is 3.10. The average Bonchev–Trinajstić information content (AvgIpc) is 3.02. The second kappa shape index (κ2) is 8.05. The zero-order valence-corrected chi connectivity index (χ0v) is 17.7. The fraction of sp³-hybridized carbons (Fsp3) is 0.682. The number of rotatable bonds is 4. The summed E-state index contributed by atoms with van der Waals surface area (Å²) < 4.78 is 24.2. The van der Waals surface area contributed by atoms with E-state index in [2.05, 4.69) is 30.0 Å². The molecule has 0 aromatic heterocycles. The molecule has 1 atom stereocenters. The van der Waals surface area contributed by atoms with Crippen LogP contribution in [0.2, 0.25) is 0 Å². The van der Waals surface area contributed by atoms with Crippen molar-refractivity contribution in [2.45, 2.75) is 70.4 Å². The van der Waals surface area contributed by atoms with Gasteiger partial charge in [0.2, 0.25) is 5.91 Å². The number of aryl methyl sites for hydroxylation is 2. The molecule has 1 amide bonds. The van der Waals surface area contributed by atoms with Crippen LogP contribution < -0.4 is 4.90 Å².